The predicted molar refractivity (Wildman–Crippen MR) is 92.5 cm³/mol. The molecule has 0 aliphatic rings. The van der Waals surface area contributed by atoms with Crippen molar-refractivity contribution in [1.29, 1.82) is 0 Å². The molecule has 4 nitrogen and oxygen atoms in total. The monoisotopic (exact) mass is 307 g/mol. The first kappa shape index (κ1) is 17.6. The van der Waals surface area contributed by atoms with Crippen LogP contribution in [0.15, 0.2) is 24.3 Å². The second-order valence-electron chi connectivity index (χ2n) is 5.67. The number of thiocarbonyl (C=S) groups is 1. The molecule has 0 aromatic heterocycles. The molecule has 0 saturated carbocycles. The van der Waals surface area contributed by atoms with Crippen LogP contribution in [0.5, 0.6) is 0 Å². The van der Waals surface area contributed by atoms with Crippen molar-refractivity contribution in [3.05, 3.63) is 29.8 Å². The van der Waals surface area contributed by atoms with Crippen LogP contribution in [0.25, 0.3) is 0 Å². The van der Waals surface area contributed by atoms with E-state index in [0.29, 0.717) is 29.6 Å². The van der Waals surface area contributed by atoms with E-state index in [0.717, 1.165) is 6.54 Å². The quantitative estimate of drug-likeness (QED) is 0.760. The van der Waals surface area contributed by atoms with Gasteiger partial charge in [-0.1, -0.05) is 38.2 Å². The lowest BCUT2D eigenvalue weighted by Crippen LogP contribution is -2.35. The van der Waals surface area contributed by atoms with Gasteiger partial charge in [-0.3, -0.25) is 4.79 Å². The lowest BCUT2D eigenvalue weighted by Gasteiger charge is -2.27. The Hall–Kier alpha value is -1.46. The number of carbonyl (C=O) groups excluding carboxylic acids is 1. The molecule has 0 spiro atoms. The first-order valence-corrected chi connectivity index (χ1v) is 7.62. The van der Waals surface area contributed by atoms with Crippen molar-refractivity contribution in [2.75, 3.05) is 18.9 Å². The van der Waals surface area contributed by atoms with Crippen LogP contribution >= 0.6 is 12.2 Å². The van der Waals surface area contributed by atoms with Crippen molar-refractivity contribution in [3.8, 4) is 0 Å². The van der Waals surface area contributed by atoms with Crippen molar-refractivity contribution in [2.45, 2.75) is 33.2 Å². The van der Waals surface area contributed by atoms with Crippen molar-refractivity contribution in [3.63, 3.8) is 0 Å². The third-order valence-corrected chi connectivity index (χ3v) is 4.04. The van der Waals surface area contributed by atoms with Crippen molar-refractivity contribution >= 4 is 28.8 Å². The summed E-state index contributed by atoms with van der Waals surface area (Å²) < 4.78 is 0. The fourth-order valence-corrected chi connectivity index (χ4v) is 2.19. The Morgan fingerprint density at radius 2 is 1.95 bits per heavy atom. The fraction of sp³-hybridized carbons (Fsp3) is 0.500. The van der Waals surface area contributed by atoms with Crippen LogP contribution in [0.2, 0.25) is 0 Å². The highest BCUT2D eigenvalue weighted by atomic mass is 32.1. The number of para-hydroxylation sites is 1. The van der Waals surface area contributed by atoms with Crippen LogP contribution in [0.3, 0.4) is 0 Å². The number of benzene rings is 1. The van der Waals surface area contributed by atoms with E-state index in [9.17, 15) is 4.79 Å². The Kier molecular flexibility index (Phi) is 6.78. The van der Waals surface area contributed by atoms with Crippen LogP contribution in [-0.2, 0) is 4.79 Å². The van der Waals surface area contributed by atoms with E-state index in [1.54, 1.807) is 0 Å². The molecule has 0 saturated heterocycles. The Morgan fingerprint density at radius 3 is 2.52 bits per heavy atom. The molecule has 1 amide bonds. The molecule has 0 fully saturated rings. The summed E-state index contributed by atoms with van der Waals surface area (Å²) in [5, 5.41) is 2.88. The molecule has 1 aromatic carbocycles. The molecule has 0 aliphatic heterocycles. The SMILES string of the molecule is CC(C)C(C)N(C)CCC(=O)Nc1ccccc1C(N)=S. The molecule has 21 heavy (non-hydrogen) atoms. The molecule has 1 atom stereocenters. The number of carbonyl (C=O) groups is 1. The Morgan fingerprint density at radius 1 is 1.33 bits per heavy atom. The number of rotatable bonds is 7. The van der Waals surface area contributed by atoms with Crippen molar-refractivity contribution in [2.24, 2.45) is 11.7 Å². The molecule has 1 rings (SSSR count). The Balaban J connectivity index is 2.57. The summed E-state index contributed by atoms with van der Waals surface area (Å²) in [5.41, 5.74) is 7.03. The average Bonchev–Trinajstić information content (AvgIpc) is 2.44. The summed E-state index contributed by atoms with van der Waals surface area (Å²) in [6, 6.07) is 7.77. The number of hydrogen-bond acceptors (Lipinski definition) is 3. The topological polar surface area (TPSA) is 58.4 Å². The lowest BCUT2D eigenvalue weighted by molar-refractivity contribution is -0.116. The third-order valence-electron chi connectivity index (χ3n) is 3.82. The molecular weight excluding hydrogens is 282 g/mol. The van der Waals surface area contributed by atoms with E-state index in [1.165, 1.54) is 0 Å². The third kappa shape index (κ3) is 5.44. The minimum absolute atomic E-state index is 0.0264. The van der Waals surface area contributed by atoms with Gasteiger partial charge in [-0.15, -0.1) is 0 Å². The highest BCUT2D eigenvalue weighted by molar-refractivity contribution is 7.80. The van der Waals surface area contributed by atoms with Crippen LogP contribution in [0.4, 0.5) is 5.69 Å². The molecule has 0 aliphatic carbocycles. The van der Waals surface area contributed by atoms with E-state index >= 15 is 0 Å². The van der Waals surface area contributed by atoms with Gasteiger partial charge in [0.05, 0.1) is 5.69 Å². The molecule has 1 aromatic rings. The Bertz CT molecular complexity index is 502. The van der Waals surface area contributed by atoms with Crippen molar-refractivity contribution < 1.29 is 4.79 Å². The summed E-state index contributed by atoms with van der Waals surface area (Å²) in [6.07, 6.45) is 0.444. The number of amides is 1. The number of anilines is 1. The number of hydrogen-bond donors (Lipinski definition) is 2. The second-order valence-corrected chi connectivity index (χ2v) is 6.11. The van der Waals surface area contributed by atoms with Gasteiger partial charge in [0.25, 0.3) is 0 Å². The first-order chi connectivity index (χ1) is 9.82. The maximum absolute atomic E-state index is 12.1. The molecule has 5 heteroatoms. The summed E-state index contributed by atoms with van der Waals surface area (Å²) in [7, 11) is 2.04. The zero-order valence-electron chi connectivity index (χ0n) is 13.2. The van der Waals surface area contributed by atoms with Gasteiger partial charge >= 0.3 is 0 Å². The van der Waals surface area contributed by atoms with Crippen molar-refractivity contribution in [1.82, 2.24) is 4.90 Å². The summed E-state index contributed by atoms with van der Waals surface area (Å²) in [5.74, 6) is 0.537. The van der Waals surface area contributed by atoms with Crippen LogP contribution in [-0.4, -0.2) is 35.4 Å². The number of nitrogens with one attached hydrogen (secondary N) is 1. The van der Waals surface area contributed by atoms with E-state index in [2.05, 4.69) is 31.0 Å². The normalized spacial score (nSPS) is 12.5. The van der Waals surface area contributed by atoms with Crippen LogP contribution in [0.1, 0.15) is 32.8 Å². The lowest BCUT2D eigenvalue weighted by atomic mass is 10.1. The molecular formula is C16H25N3OS. The average molecular weight is 307 g/mol. The molecule has 0 heterocycles. The van der Waals surface area contributed by atoms with Gasteiger partial charge in [-0.25, -0.2) is 0 Å². The van der Waals surface area contributed by atoms with Gasteiger partial charge in [0, 0.05) is 24.6 Å². The van der Waals surface area contributed by atoms with Gasteiger partial charge in [0.1, 0.15) is 4.99 Å². The molecule has 0 bridgehead atoms. The molecule has 116 valence electrons. The minimum Gasteiger partial charge on any atom is -0.389 e. The standard InChI is InChI=1S/C16H25N3OS/c1-11(2)12(3)19(4)10-9-15(20)18-14-8-6-5-7-13(14)16(17)21/h5-8,11-12H,9-10H2,1-4H3,(H2,17,21)(H,18,20). The smallest absolute Gasteiger partial charge is 0.225 e. The first-order valence-electron chi connectivity index (χ1n) is 7.21. The highest BCUT2D eigenvalue weighted by Crippen LogP contribution is 2.15. The highest BCUT2D eigenvalue weighted by Gasteiger charge is 2.14. The van der Waals surface area contributed by atoms with Gasteiger partial charge in [0.2, 0.25) is 5.91 Å². The maximum atomic E-state index is 12.1. The summed E-state index contributed by atoms with van der Waals surface area (Å²) in [6.45, 7) is 7.25. The van der Waals surface area contributed by atoms with Crippen LogP contribution < -0.4 is 11.1 Å². The van der Waals surface area contributed by atoms with Gasteiger partial charge in [-0.2, -0.15) is 0 Å². The maximum Gasteiger partial charge on any atom is 0.225 e. The largest absolute Gasteiger partial charge is 0.389 e. The van der Waals surface area contributed by atoms with E-state index < -0.39 is 0 Å². The molecule has 0 radical (unpaired) electrons. The summed E-state index contributed by atoms with van der Waals surface area (Å²) >= 11 is 4.99. The minimum atomic E-state index is -0.0264. The van der Waals surface area contributed by atoms with E-state index in [1.807, 2.05) is 31.3 Å². The number of nitrogens with zero attached hydrogens (tertiary/aromatic N) is 1. The van der Waals surface area contributed by atoms with E-state index in [-0.39, 0.29) is 10.9 Å². The molecule has 1 unspecified atom stereocenters. The van der Waals surface area contributed by atoms with E-state index in [4.69, 9.17) is 18.0 Å². The fourth-order valence-electron chi connectivity index (χ4n) is 2.01. The number of nitrogens with two attached hydrogens (primary N) is 1. The van der Waals surface area contributed by atoms with Crippen LogP contribution in [0, 0.1) is 5.92 Å². The van der Waals surface area contributed by atoms with Gasteiger partial charge in [-0.05, 0) is 32.0 Å². The second kappa shape index (κ2) is 8.10. The predicted octanol–water partition coefficient (Wildman–Crippen LogP) is 2.63. The zero-order chi connectivity index (χ0) is 16.0. The summed E-state index contributed by atoms with van der Waals surface area (Å²) in [4.78, 5) is 14.5. The van der Waals surface area contributed by atoms with Gasteiger partial charge in [0.15, 0.2) is 0 Å². The molecule has 3 N–H and O–H groups in total. The zero-order valence-corrected chi connectivity index (χ0v) is 14.0. The van der Waals surface area contributed by atoms with Gasteiger partial charge < -0.3 is 16.0 Å². The Labute approximate surface area is 132 Å².